The highest BCUT2D eigenvalue weighted by molar-refractivity contribution is 5.85. The topological polar surface area (TPSA) is 86.7 Å². The summed E-state index contributed by atoms with van der Waals surface area (Å²) in [6.45, 7) is 3.99. The third-order valence-electron chi connectivity index (χ3n) is 3.62. The van der Waals surface area contributed by atoms with E-state index in [1.165, 1.54) is 7.11 Å². The van der Waals surface area contributed by atoms with E-state index < -0.39 is 6.04 Å². The smallest absolute Gasteiger partial charge is 0.239 e. The third-order valence-corrected chi connectivity index (χ3v) is 3.62. The molecular weight excluding hydrogens is 284 g/mol. The first kappa shape index (κ1) is 16.3. The van der Waals surface area contributed by atoms with Gasteiger partial charge in [-0.25, -0.2) is 0 Å². The van der Waals surface area contributed by atoms with Crippen molar-refractivity contribution in [2.75, 3.05) is 20.8 Å². The van der Waals surface area contributed by atoms with Crippen molar-refractivity contribution in [2.24, 2.45) is 5.73 Å². The Kier molecular flexibility index (Phi) is 5.05. The van der Waals surface area contributed by atoms with Crippen LogP contribution >= 0.6 is 0 Å². The fourth-order valence-corrected chi connectivity index (χ4v) is 2.40. The van der Waals surface area contributed by atoms with Gasteiger partial charge in [0.25, 0.3) is 0 Å². The number of nitrogens with two attached hydrogens (primary N) is 1. The van der Waals surface area contributed by atoms with Crippen molar-refractivity contribution >= 4 is 16.9 Å². The summed E-state index contributed by atoms with van der Waals surface area (Å²) in [4.78, 5) is 12.0. The molecule has 0 radical (unpaired) electrons. The summed E-state index contributed by atoms with van der Waals surface area (Å²) in [7, 11) is 3.13. The lowest BCUT2D eigenvalue weighted by Gasteiger charge is -2.16. The highest BCUT2D eigenvalue weighted by atomic mass is 16.5. The minimum Gasteiger partial charge on any atom is -0.497 e. The Morgan fingerprint density at radius 2 is 2.14 bits per heavy atom. The molecule has 0 spiro atoms. The number of aryl methyl sites for hydroxylation is 1. The van der Waals surface area contributed by atoms with Gasteiger partial charge in [-0.15, -0.1) is 0 Å². The quantitative estimate of drug-likeness (QED) is 0.851. The molecule has 22 heavy (non-hydrogen) atoms. The monoisotopic (exact) mass is 306 g/mol. The Bertz CT molecular complexity index is 665. The first-order valence-electron chi connectivity index (χ1n) is 7.09. The molecule has 1 amide bonds. The van der Waals surface area contributed by atoms with Gasteiger partial charge in [-0.2, -0.15) is 0 Å². The second kappa shape index (κ2) is 6.81. The van der Waals surface area contributed by atoms with Gasteiger partial charge in [-0.1, -0.05) is 0 Å². The lowest BCUT2D eigenvalue weighted by atomic mass is 10.1. The van der Waals surface area contributed by atoms with E-state index in [4.69, 9.17) is 19.6 Å². The number of hydrogen-bond acceptors (Lipinski definition) is 5. The van der Waals surface area contributed by atoms with Gasteiger partial charge in [0.15, 0.2) is 0 Å². The molecule has 2 atom stereocenters. The average Bonchev–Trinajstić information content (AvgIpc) is 2.84. The van der Waals surface area contributed by atoms with Crippen LogP contribution < -0.4 is 15.8 Å². The predicted octanol–water partition coefficient (Wildman–Crippen LogP) is 1.90. The van der Waals surface area contributed by atoms with E-state index in [9.17, 15) is 4.79 Å². The van der Waals surface area contributed by atoms with E-state index in [-0.39, 0.29) is 18.6 Å². The van der Waals surface area contributed by atoms with Crippen LogP contribution in [0.2, 0.25) is 0 Å². The first-order valence-corrected chi connectivity index (χ1v) is 7.09. The van der Waals surface area contributed by atoms with Crippen LogP contribution in [-0.2, 0) is 9.53 Å². The van der Waals surface area contributed by atoms with E-state index in [1.54, 1.807) is 7.11 Å². The number of carbonyl (C=O) groups excluding carboxylic acids is 1. The SMILES string of the molecule is COCC(N)C(=O)NC(C)c1oc2ccc(OC)cc2c1C. The zero-order chi connectivity index (χ0) is 16.3. The van der Waals surface area contributed by atoms with E-state index >= 15 is 0 Å². The van der Waals surface area contributed by atoms with Gasteiger partial charge in [0, 0.05) is 18.1 Å². The number of carbonyl (C=O) groups is 1. The van der Waals surface area contributed by atoms with E-state index in [2.05, 4.69) is 5.32 Å². The summed E-state index contributed by atoms with van der Waals surface area (Å²) in [6.07, 6.45) is 0. The molecule has 6 heteroatoms. The average molecular weight is 306 g/mol. The maximum Gasteiger partial charge on any atom is 0.239 e. The second-order valence-electron chi connectivity index (χ2n) is 5.25. The van der Waals surface area contributed by atoms with Crippen molar-refractivity contribution in [2.45, 2.75) is 25.9 Å². The van der Waals surface area contributed by atoms with Crippen LogP contribution in [0.5, 0.6) is 5.75 Å². The number of furan rings is 1. The zero-order valence-electron chi connectivity index (χ0n) is 13.3. The number of amides is 1. The molecule has 0 saturated heterocycles. The molecule has 1 heterocycles. The van der Waals surface area contributed by atoms with Crippen molar-refractivity contribution in [3.05, 3.63) is 29.5 Å². The second-order valence-corrected chi connectivity index (χ2v) is 5.25. The summed E-state index contributed by atoms with van der Waals surface area (Å²) in [5.74, 6) is 1.20. The van der Waals surface area contributed by atoms with Gasteiger partial charge in [0.1, 0.15) is 23.1 Å². The molecule has 0 aliphatic rings. The van der Waals surface area contributed by atoms with Crippen molar-refractivity contribution in [1.82, 2.24) is 5.32 Å². The number of ether oxygens (including phenoxy) is 2. The van der Waals surface area contributed by atoms with Crippen molar-refractivity contribution in [3.63, 3.8) is 0 Å². The Hall–Kier alpha value is -2.05. The number of methoxy groups -OCH3 is 2. The first-order chi connectivity index (χ1) is 10.5. The number of fused-ring (bicyclic) bond motifs is 1. The lowest BCUT2D eigenvalue weighted by Crippen LogP contribution is -2.44. The number of hydrogen-bond donors (Lipinski definition) is 2. The summed E-state index contributed by atoms with van der Waals surface area (Å²) < 4.78 is 16.0. The van der Waals surface area contributed by atoms with Crippen LogP contribution in [0.15, 0.2) is 22.6 Å². The molecule has 2 unspecified atom stereocenters. The molecule has 3 N–H and O–H groups in total. The molecule has 0 fully saturated rings. The molecule has 1 aromatic heterocycles. The number of rotatable bonds is 6. The normalized spacial score (nSPS) is 13.9. The molecule has 2 rings (SSSR count). The molecule has 120 valence electrons. The van der Waals surface area contributed by atoms with Crippen molar-refractivity contribution in [3.8, 4) is 5.75 Å². The third kappa shape index (κ3) is 3.23. The highest BCUT2D eigenvalue weighted by Crippen LogP contribution is 2.31. The Morgan fingerprint density at radius 1 is 1.41 bits per heavy atom. The molecule has 1 aromatic carbocycles. The fraction of sp³-hybridized carbons (Fsp3) is 0.438. The predicted molar refractivity (Wildman–Crippen MR) is 83.9 cm³/mol. The van der Waals surface area contributed by atoms with Crippen LogP contribution in [-0.4, -0.2) is 32.8 Å². The van der Waals surface area contributed by atoms with E-state index in [0.717, 1.165) is 22.3 Å². The largest absolute Gasteiger partial charge is 0.497 e. The number of benzene rings is 1. The minimum absolute atomic E-state index is 0.175. The lowest BCUT2D eigenvalue weighted by molar-refractivity contribution is -0.124. The molecule has 0 aliphatic carbocycles. The molecule has 2 aromatic rings. The number of nitrogens with one attached hydrogen (secondary N) is 1. The van der Waals surface area contributed by atoms with Crippen LogP contribution in [0.4, 0.5) is 0 Å². The maximum absolute atomic E-state index is 12.0. The standard InChI is InChI=1S/C16H22N2O4/c1-9-12-7-11(21-4)5-6-14(12)22-15(9)10(2)18-16(19)13(17)8-20-3/h5-7,10,13H,8,17H2,1-4H3,(H,18,19). The Balaban J connectivity index is 2.23. The van der Waals surface area contributed by atoms with E-state index in [0.29, 0.717) is 5.76 Å². The summed E-state index contributed by atoms with van der Waals surface area (Å²) in [5.41, 5.74) is 7.45. The van der Waals surface area contributed by atoms with Crippen LogP contribution in [0.3, 0.4) is 0 Å². The van der Waals surface area contributed by atoms with Crippen LogP contribution in [0, 0.1) is 6.92 Å². The molecular formula is C16H22N2O4. The fourth-order valence-electron chi connectivity index (χ4n) is 2.40. The minimum atomic E-state index is -0.697. The van der Waals surface area contributed by atoms with Gasteiger partial charge in [-0.05, 0) is 32.0 Å². The summed E-state index contributed by atoms with van der Waals surface area (Å²) in [5, 5.41) is 3.81. The molecule has 0 saturated carbocycles. The van der Waals surface area contributed by atoms with Gasteiger partial charge in [0.2, 0.25) is 5.91 Å². The van der Waals surface area contributed by atoms with Gasteiger partial charge in [0.05, 0.1) is 19.8 Å². The Labute approximate surface area is 129 Å². The van der Waals surface area contributed by atoms with Gasteiger partial charge < -0.3 is 24.9 Å². The van der Waals surface area contributed by atoms with Crippen molar-refractivity contribution < 1.29 is 18.7 Å². The summed E-state index contributed by atoms with van der Waals surface area (Å²) in [6, 6.07) is 4.64. The Morgan fingerprint density at radius 3 is 2.77 bits per heavy atom. The van der Waals surface area contributed by atoms with Crippen LogP contribution in [0.25, 0.3) is 11.0 Å². The molecule has 0 bridgehead atoms. The van der Waals surface area contributed by atoms with E-state index in [1.807, 2.05) is 32.0 Å². The summed E-state index contributed by atoms with van der Waals surface area (Å²) >= 11 is 0. The van der Waals surface area contributed by atoms with Crippen molar-refractivity contribution in [1.29, 1.82) is 0 Å². The van der Waals surface area contributed by atoms with Gasteiger partial charge >= 0.3 is 0 Å². The zero-order valence-corrected chi connectivity index (χ0v) is 13.3. The molecule has 0 aliphatic heterocycles. The van der Waals surface area contributed by atoms with Gasteiger partial charge in [-0.3, -0.25) is 4.79 Å². The van der Waals surface area contributed by atoms with Crippen LogP contribution in [0.1, 0.15) is 24.3 Å². The molecule has 6 nitrogen and oxygen atoms in total. The highest BCUT2D eigenvalue weighted by Gasteiger charge is 2.21. The maximum atomic E-state index is 12.0.